The molecule has 0 saturated carbocycles. The lowest BCUT2D eigenvalue weighted by Gasteiger charge is -2.12. The number of carbonyl (C=O) groups excluding carboxylic acids is 2. The van der Waals surface area contributed by atoms with Crippen LogP contribution < -0.4 is 15.6 Å². The van der Waals surface area contributed by atoms with Gasteiger partial charge in [-0.15, -0.1) is 0 Å². The molecule has 3 aromatic carbocycles. The number of amides is 2. The van der Waals surface area contributed by atoms with Gasteiger partial charge in [-0.25, -0.2) is 5.43 Å². The van der Waals surface area contributed by atoms with Gasteiger partial charge >= 0.3 is 0 Å². The van der Waals surface area contributed by atoms with Gasteiger partial charge in [0.1, 0.15) is 0 Å². The molecule has 0 saturated heterocycles. The first-order chi connectivity index (χ1) is 15.2. The fourth-order valence-corrected chi connectivity index (χ4v) is 3.34. The minimum absolute atomic E-state index is 0.279. The molecule has 2 amide bonds. The fraction of sp³-hybridized carbons (Fsp3) is 0.125. The third kappa shape index (κ3) is 5.87. The number of carbonyl (C=O) groups is 2. The highest BCUT2D eigenvalue weighted by Crippen LogP contribution is 2.22. The van der Waals surface area contributed by atoms with Crippen molar-refractivity contribution < 1.29 is 9.59 Å². The van der Waals surface area contributed by atoms with E-state index in [1.165, 1.54) is 6.07 Å². The van der Waals surface area contributed by atoms with Crippen molar-refractivity contribution in [1.29, 1.82) is 0 Å². The van der Waals surface area contributed by atoms with Gasteiger partial charge in [-0.05, 0) is 67.1 Å². The van der Waals surface area contributed by atoms with Crippen molar-refractivity contribution in [3.8, 4) is 0 Å². The maximum Gasteiger partial charge on any atom is 0.271 e. The zero-order chi connectivity index (χ0) is 23.3. The molecule has 0 unspecified atom stereocenters. The summed E-state index contributed by atoms with van der Waals surface area (Å²) in [5, 5.41) is 7.71. The summed E-state index contributed by atoms with van der Waals surface area (Å²) < 4.78 is 0. The van der Waals surface area contributed by atoms with E-state index in [2.05, 4.69) is 15.8 Å². The number of benzene rings is 3. The Labute approximate surface area is 196 Å². The van der Waals surface area contributed by atoms with Crippen LogP contribution in [0, 0.1) is 0 Å². The maximum atomic E-state index is 12.4. The molecule has 6 nitrogen and oxygen atoms in total. The second-order valence-electron chi connectivity index (χ2n) is 7.24. The smallest absolute Gasteiger partial charge is 0.271 e. The van der Waals surface area contributed by atoms with E-state index >= 15 is 0 Å². The number of nitrogens with zero attached hydrogens (tertiary/aromatic N) is 2. The molecule has 0 aliphatic heterocycles. The molecule has 3 rings (SSSR count). The average molecular weight is 469 g/mol. The van der Waals surface area contributed by atoms with Crippen LogP contribution in [0.1, 0.15) is 33.2 Å². The van der Waals surface area contributed by atoms with E-state index in [1.54, 1.807) is 55.5 Å². The van der Waals surface area contributed by atoms with Crippen molar-refractivity contribution in [3.05, 3.63) is 93.5 Å². The first kappa shape index (κ1) is 23.3. The third-order valence-electron chi connectivity index (χ3n) is 4.71. The van der Waals surface area contributed by atoms with Crippen LogP contribution >= 0.6 is 23.2 Å². The summed E-state index contributed by atoms with van der Waals surface area (Å²) in [6.07, 6.45) is 0. The van der Waals surface area contributed by atoms with Gasteiger partial charge in [0, 0.05) is 36.1 Å². The lowest BCUT2D eigenvalue weighted by Crippen LogP contribution is -2.19. The van der Waals surface area contributed by atoms with Gasteiger partial charge in [-0.3, -0.25) is 9.59 Å². The lowest BCUT2D eigenvalue weighted by molar-refractivity contribution is 0.0954. The number of hydrogen-bond acceptors (Lipinski definition) is 4. The van der Waals surface area contributed by atoms with Crippen LogP contribution in [0.3, 0.4) is 0 Å². The number of anilines is 2. The highest BCUT2D eigenvalue weighted by molar-refractivity contribution is 6.37. The molecule has 0 aromatic heterocycles. The summed E-state index contributed by atoms with van der Waals surface area (Å²) in [6.45, 7) is 1.79. The minimum Gasteiger partial charge on any atom is -0.378 e. The Morgan fingerprint density at radius 2 is 1.47 bits per heavy atom. The van der Waals surface area contributed by atoms with Crippen LogP contribution in [-0.4, -0.2) is 31.6 Å². The van der Waals surface area contributed by atoms with Crippen LogP contribution in [0.2, 0.25) is 10.0 Å². The molecular weight excluding hydrogens is 447 g/mol. The Balaban J connectivity index is 1.62. The zero-order valence-electron chi connectivity index (χ0n) is 17.8. The van der Waals surface area contributed by atoms with Crippen molar-refractivity contribution in [1.82, 2.24) is 5.43 Å². The van der Waals surface area contributed by atoms with Crippen molar-refractivity contribution in [2.75, 3.05) is 24.3 Å². The van der Waals surface area contributed by atoms with Crippen LogP contribution in [-0.2, 0) is 0 Å². The Hall–Kier alpha value is -3.35. The zero-order valence-corrected chi connectivity index (χ0v) is 19.3. The molecule has 0 aliphatic rings. The molecule has 0 bridgehead atoms. The topological polar surface area (TPSA) is 73.8 Å². The maximum absolute atomic E-state index is 12.4. The van der Waals surface area contributed by atoms with Crippen LogP contribution in [0.25, 0.3) is 0 Å². The minimum atomic E-state index is -0.336. The number of hydrazone groups is 1. The van der Waals surface area contributed by atoms with E-state index in [1.807, 2.05) is 31.1 Å². The number of halogens is 2. The quantitative estimate of drug-likeness (QED) is 0.372. The molecule has 164 valence electrons. The summed E-state index contributed by atoms with van der Waals surface area (Å²) in [6, 6.07) is 19.0. The van der Waals surface area contributed by atoms with Crippen LogP contribution in [0.4, 0.5) is 11.4 Å². The predicted molar refractivity (Wildman–Crippen MR) is 131 cm³/mol. The van der Waals surface area contributed by atoms with Gasteiger partial charge in [0.25, 0.3) is 11.8 Å². The average Bonchev–Trinajstić information content (AvgIpc) is 2.77. The molecule has 0 fully saturated rings. The van der Waals surface area contributed by atoms with Gasteiger partial charge in [0.2, 0.25) is 0 Å². The van der Waals surface area contributed by atoms with Crippen molar-refractivity contribution in [2.24, 2.45) is 5.10 Å². The first-order valence-electron chi connectivity index (χ1n) is 9.73. The summed E-state index contributed by atoms with van der Waals surface area (Å²) in [4.78, 5) is 26.7. The number of rotatable bonds is 6. The molecule has 0 aliphatic carbocycles. The van der Waals surface area contributed by atoms with Gasteiger partial charge in [-0.1, -0.05) is 35.3 Å². The molecule has 0 heterocycles. The van der Waals surface area contributed by atoms with E-state index < -0.39 is 0 Å². The van der Waals surface area contributed by atoms with E-state index in [4.69, 9.17) is 23.2 Å². The van der Waals surface area contributed by atoms with E-state index in [9.17, 15) is 9.59 Å². The highest BCUT2D eigenvalue weighted by atomic mass is 35.5. The molecule has 0 spiro atoms. The summed E-state index contributed by atoms with van der Waals surface area (Å²) >= 11 is 12.0. The normalized spacial score (nSPS) is 11.1. The predicted octanol–water partition coefficient (Wildman–Crippen LogP) is 5.47. The van der Waals surface area contributed by atoms with Crippen LogP contribution in [0.15, 0.2) is 71.8 Å². The Morgan fingerprint density at radius 1 is 0.844 bits per heavy atom. The van der Waals surface area contributed by atoms with Gasteiger partial charge in [0.05, 0.1) is 16.3 Å². The second kappa shape index (κ2) is 10.3. The van der Waals surface area contributed by atoms with Crippen LogP contribution in [0.5, 0.6) is 0 Å². The van der Waals surface area contributed by atoms with E-state index in [0.717, 1.165) is 11.3 Å². The van der Waals surface area contributed by atoms with Crippen molar-refractivity contribution in [2.45, 2.75) is 6.92 Å². The second-order valence-corrected chi connectivity index (χ2v) is 8.08. The largest absolute Gasteiger partial charge is 0.378 e. The standard InChI is InChI=1S/C24H22Cl2N4O2/c1-15(28-29-23(31)17-6-11-20(12-7-17)30(2)3)16-4-9-19(10-5-16)27-24(32)21-13-8-18(25)14-22(21)26/h4-14H,1-3H3,(H,27,32)(H,29,31). The number of nitrogens with one attached hydrogen (secondary N) is 2. The Bertz CT molecular complexity index is 1160. The Kier molecular flexibility index (Phi) is 7.51. The SMILES string of the molecule is CC(=NNC(=O)c1ccc(N(C)C)cc1)c1ccc(NC(=O)c2ccc(Cl)cc2Cl)cc1. The van der Waals surface area contributed by atoms with E-state index in [0.29, 0.717) is 27.5 Å². The van der Waals surface area contributed by atoms with E-state index in [-0.39, 0.29) is 16.8 Å². The molecule has 32 heavy (non-hydrogen) atoms. The molecule has 3 aromatic rings. The molecular formula is C24H22Cl2N4O2. The first-order valence-corrected chi connectivity index (χ1v) is 10.5. The molecule has 0 radical (unpaired) electrons. The number of hydrogen-bond donors (Lipinski definition) is 2. The summed E-state index contributed by atoms with van der Waals surface area (Å²) in [5.74, 6) is -0.629. The third-order valence-corrected chi connectivity index (χ3v) is 5.26. The van der Waals surface area contributed by atoms with Crippen molar-refractivity contribution >= 4 is 52.1 Å². The van der Waals surface area contributed by atoms with Gasteiger partial charge in [-0.2, -0.15) is 5.10 Å². The fourth-order valence-electron chi connectivity index (χ4n) is 2.84. The van der Waals surface area contributed by atoms with Gasteiger partial charge < -0.3 is 10.2 Å². The van der Waals surface area contributed by atoms with Gasteiger partial charge in [0.15, 0.2) is 0 Å². The molecule has 2 N–H and O–H groups in total. The summed E-state index contributed by atoms with van der Waals surface area (Å²) in [7, 11) is 3.87. The highest BCUT2D eigenvalue weighted by Gasteiger charge is 2.11. The Morgan fingerprint density at radius 3 is 2.06 bits per heavy atom. The monoisotopic (exact) mass is 468 g/mol. The molecule has 8 heteroatoms. The summed E-state index contributed by atoms with van der Waals surface area (Å²) in [5.41, 5.74) is 6.45. The van der Waals surface area contributed by atoms with Crippen molar-refractivity contribution in [3.63, 3.8) is 0 Å². The molecule has 0 atom stereocenters. The lowest BCUT2D eigenvalue weighted by atomic mass is 10.1.